The quantitative estimate of drug-likeness (QED) is 0.834. The second-order valence-electron chi connectivity index (χ2n) is 5.88. The molecule has 2 saturated heterocycles. The van der Waals surface area contributed by atoms with Gasteiger partial charge in [0.15, 0.2) is 0 Å². The predicted octanol–water partition coefficient (Wildman–Crippen LogP) is 1.99. The van der Waals surface area contributed by atoms with Gasteiger partial charge in [0, 0.05) is 13.1 Å². The van der Waals surface area contributed by atoms with E-state index in [9.17, 15) is 14.7 Å². The lowest BCUT2D eigenvalue weighted by atomic mass is 9.81. The van der Waals surface area contributed by atoms with E-state index in [4.69, 9.17) is 0 Å². The van der Waals surface area contributed by atoms with Crippen molar-refractivity contribution in [2.75, 3.05) is 18.8 Å². The summed E-state index contributed by atoms with van der Waals surface area (Å²) in [5, 5.41) is 9.28. The van der Waals surface area contributed by atoms with Gasteiger partial charge in [-0.15, -0.1) is 11.8 Å². The van der Waals surface area contributed by atoms with Gasteiger partial charge in [0.2, 0.25) is 5.91 Å². The molecule has 2 aliphatic rings. The molecule has 0 bridgehead atoms. The zero-order valence-corrected chi connectivity index (χ0v) is 11.9. The number of carbonyl (C=O) groups excluding carboxylic acids is 1. The van der Waals surface area contributed by atoms with Gasteiger partial charge in [-0.2, -0.15) is 0 Å². The third-order valence-electron chi connectivity index (χ3n) is 4.17. The normalized spacial score (nSPS) is 36.7. The number of carboxylic acids is 1. The summed E-state index contributed by atoms with van der Waals surface area (Å²) < 4.78 is -0.323. The summed E-state index contributed by atoms with van der Waals surface area (Å²) in [5.74, 6) is 0.383. The molecule has 18 heavy (non-hydrogen) atoms. The molecule has 2 atom stereocenters. The summed E-state index contributed by atoms with van der Waals surface area (Å²) in [5.41, 5.74) is -0.770. The monoisotopic (exact) mass is 271 g/mol. The number of carboxylic acid groups (broad SMARTS) is 1. The molecule has 2 unspecified atom stereocenters. The van der Waals surface area contributed by atoms with Gasteiger partial charge in [-0.05, 0) is 45.3 Å². The third kappa shape index (κ3) is 2.37. The van der Waals surface area contributed by atoms with Crippen LogP contribution in [0.15, 0.2) is 0 Å². The maximum Gasteiger partial charge on any atom is 0.311 e. The Hall–Kier alpha value is -0.710. The van der Waals surface area contributed by atoms with Crippen LogP contribution >= 0.6 is 11.8 Å². The van der Waals surface area contributed by atoms with Crippen LogP contribution in [0.5, 0.6) is 0 Å². The molecule has 0 aromatic rings. The van der Waals surface area contributed by atoms with Crippen LogP contribution in [0.2, 0.25) is 0 Å². The Labute approximate surface area is 112 Å². The SMILES string of the molecule is CC1(C(=O)O)CCCN(C(=O)C2(C)CCCS2)C1. The summed E-state index contributed by atoms with van der Waals surface area (Å²) in [6.07, 6.45) is 3.44. The molecule has 1 N–H and O–H groups in total. The molecule has 5 heteroatoms. The Bertz CT molecular complexity index is 365. The van der Waals surface area contributed by atoms with Crippen molar-refractivity contribution in [3.8, 4) is 0 Å². The van der Waals surface area contributed by atoms with Crippen LogP contribution in [0.4, 0.5) is 0 Å². The number of hydrogen-bond acceptors (Lipinski definition) is 3. The molecule has 0 saturated carbocycles. The zero-order valence-electron chi connectivity index (χ0n) is 11.1. The second-order valence-corrected chi connectivity index (χ2v) is 7.48. The van der Waals surface area contributed by atoms with Crippen LogP contribution in [-0.4, -0.2) is 45.5 Å². The van der Waals surface area contributed by atoms with E-state index in [2.05, 4.69) is 0 Å². The average molecular weight is 271 g/mol. The van der Waals surface area contributed by atoms with Gasteiger partial charge < -0.3 is 10.0 Å². The van der Waals surface area contributed by atoms with Crippen molar-refractivity contribution in [2.24, 2.45) is 5.41 Å². The first-order valence-corrected chi connectivity index (χ1v) is 7.53. The Morgan fingerprint density at radius 1 is 1.22 bits per heavy atom. The molecule has 1 amide bonds. The maximum atomic E-state index is 12.5. The first-order valence-electron chi connectivity index (χ1n) is 6.54. The number of aliphatic carboxylic acids is 1. The molecule has 4 nitrogen and oxygen atoms in total. The van der Waals surface area contributed by atoms with E-state index in [1.54, 1.807) is 23.6 Å². The Balaban J connectivity index is 2.09. The van der Waals surface area contributed by atoms with E-state index in [0.717, 1.165) is 25.0 Å². The van der Waals surface area contributed by atoms with Gasteiger partial charge in [-0.25, -0.2) is 0 Å². The van der Waals surface area contributed by atoms with E-state index in [0.29, 0.717) is 19.5 Å². The Kier molecular flexibility index (Phi) is 3.63. The summed E-state index contributed by atoms with van der Waals surface area (Å²) >= 11 is 1.72. The van der Waals surface area contributed by atoms with Crippen molar-refractivity contribution < 1.29 is 14.7 Å². The highest BCUT2D eigenvalue weighted by molar-refractivity contribution is 8.01. The number of carbonyl (C=O) groups is 2. The highest BCUT2D eigenvalue weighted by atomic mass is 32.2. The highest BCUT2D eigenvalue weighted by Gasteiger charge is 2.45. The fourth-order valence-electron chi connectivity index (χ4n) is 2.87. The van der Waals surface area contributed by atoms with Crippen molar-refractivity contribution in [1.82, 2.24) is 4.90 Å². The predicted molar refractivity (Wildman–Crippen MR) is 71.7 cm³/mol. The van der Waals surface area contributed by atoms with E-state index in [1.807, 2.05) is 6.92 Å². The topological polar surface area (TPSA) is 57.6 Å². The number of likely N-dealkylation sites (tertiary alicyclic amines) is 1. The number of hydrogen-bond donors (Lipinski definition) is 1. The van der Waals surface area contributed by atoms with Crippen LogP contribution in [0.25, 0.3) is 0 Å². The molecule has 0 aromatic heterocycles. The Morgan fingerprint density at radius 3 is 2.50 bits per heavy atom. The van der Waals surface area contributed by atoms with Crippen LogP contribution in [0.3, 0.4) is 0 Å². The molecule has 2 heterocycles. The largest absolute Gasteiger partial charge is 0.481 e. The van der Waals surface area contributed by atoms with Gasteiger partial charge in [0.25, 0.3) is 0 Å². The third-order valence-corrected chi connectivity index (χ3v) is 5.68. The first kappa shape index (κ1) is 13.7. The standard InChI is InChI=1S/C13H21NO3S/c1-12(11(16)17)5-3-7-14(9-12)10(15)13(2)6-4-8-18-13/h3-9H2,1-2H3,(H,16,17). The molecule has 0 radical (unpaired) electrons. The van der Waals surface area contributed by atoms with E-state index >= 15 is 0 Å². The van der Waals surface area contributed by atoms with Gasteiger partial charge >= 0.3 is 5.97 Å². The maximum absolute atomic E-state index is 12.5. The van der Waals surface area contributed by atoms with Gasteiger partial charge in [-0.3, -0.25) is 9.59 Å². The molecule has 0 aromatic carbocycles. The van der Waals surface area contributed by atoms with Crippen molar-refractivity contribution >= 4 is 23.6 Å². The summed E-state index contributed by atoms with van der Waals surface area (Å²) in [7, 11) is 0. The van der Waals surface area contributed by atoms with Crippen LogP contribution in [0.1, 0.15) is 39.5 Å². The Morgan fingerprint density at radius 2 is 1.94 bits per heavy atom. The molecule has 102 valence electrons. The van der Waals surface area contributed by atoms with Crippen molar-refractivity contribution in [1.29, 1.82) is 0 Å². The second kappa shape index (κ2) is 4.76. The number of amides is 1. The lowest BCUT2D eigenvalue weighted by Gasteiger charge is -2.40. The van der Waals surface area contributed by atoms with Crippen molar-refractivity contribution in [3.05, 3.63) is 0 Å². The molecule has 0 aliphatic carbocycles. The lowest BCUT2D eigenvalue weighted by Crippen LogP contribution is -2.53. The zero-order chi connectivity index (χ0) is 13.4. The van der Waals surface area contributed by atoms with Crippen LogP contribution in [-0.2, 0) is 9.59 Å². The van der Waals surface area contributed by atoms with E-state index in [1.165, 1.54) is 0 Å². The molecule has 0 spiro atoms. The van der Waals surface area contributed by atoms with Crippen LogP contribution < -0.4 is 0 Å². The number of nitrogens with zero attached hydrogens (tertiary/aromatic N) is 1. The van der Waals surface area contributed by atoms with E-state index in [-0.39, 0.29) is 10.7 Å². The summed E-state index contributed by atoms with van der Waals surface area (Å²) in [6.45, 7) is 4.81. The minimum Gasteiger partial charge on any atom is -0.481 e. The van der Waals surface area contributed by atoms with E-state index < -0.39 is 11.4 Å². The molecular weight excluding hydrogens is 250 g/mol. The summed E-state index contributed by atoms with van der Waals surface area (Å²) in [6, 6.07) is 0. The fraction of sp³-hybridized carbons (Fsp3) is 0.846. The van der Waals surface area contributed by atoms with Crippen LogP contribution in [0, 0.1) is 5.41 Å². The minimum atomic E-state index is -0.788. The first-order chi connectivity index (χ1) is 8.37. The lowest BCUT2D eigenvalue weighted by molar-refractivity contribution is -0.154. The molecule has 2 rings (SSSR count). The average Bonchev–Trinajstić information content (AvgIpc) is 2.76. The molecule has 2 fully saturated rings. The molecule has 2 aliphatic heterocycles. The number of thioether (sulfide) groups is 1. The number of piperidine rings is 1. The fourth-order valence-corrected chi connectivity index (χ4v) is 4.15. The summed E-state index contributed by atoms with van der Waals surface area (Å²) in [4.78, 5) is 25.6. The van der Waals surface area contributed by atoms with Crippen molar-refractivity contribution in [2.45, 2.75) is 44.3 Å². The van der Waals surface area contributed by atoms with Gasteiger partial charge in [-0.1, -0.05) is 0 Å². The molecular formula is C13H21NO3S. The van der Waals surface area contributed by atoms with Gasteiger partial charge in [0.05, 0.1) is 10.2 Å². The highest BCUT2D eigenvalue weighted by Crippen LogP contribution is 2.41. The van der Waals surface area contributed by atoms with Gasteiger partial charge in [0.1, 0.15) is 0 Å². The van der Waals surface area contributed by atoms with Crippen molar-refractivity contribution in [3.63, 3.8) is 0 Å². The number of rotatable bonds is 2. The smallest absolute Gasteiger partial charge is 0.311 e. The minimum absolute atomic E-state index is 0.136.